The van der Waals surface area contributed by atoms with Crippen molar-refractivity contribution in [3.8, 4) is 5.75 Å². The second-order valence-electron chi connectivity index (χ2n) is 6.24. The van der Waals surface area contributed by atoms with E-state index in [1.165, 1.54) is 12.1 Å². The number of non-ortho nitro benzene ring substituents is 1. The van der Waals surface area contributed by atoms with Crippen molar-refractivity contribution in [2.75, 3.05) is 37.7 Å². The van der Waals surface area contributed by atoms with Gasteiger partial charge in [0.25, 0.3) is 11.6 Å². The van der Waals surface area contributed by atoms with Gasteiger partial charge in [-0.05, 0) is 31.2 Å². The molecule has 0 N–H and O–H groups in total. The van der Waals surface area contributed by atoms with Crippen molar-refractivity contribution in [3.63, 3.8) is 0 Å². The Kier molecular flexibility index (Phi) is 5.36. The number of ether oxygens (including phenoxy) is 1. The van der Waals surface area contributed by atoms with E-state index in [4.69, 9.17) is 4.74 Å². The summed E-state index contributed by atoms with van der Waals surface area (Å²) in [5.74, 6) is 0.655. The predicted octanol–water partition coefficient (Wildman–Crippen LogP) is 2.63. The van der Waals surface area contributed by atoms with Crippen molar-refractivity contribution < 1.29 is 14.5 Å². The highest BCUT2D eigenvalue weighted by Crippen LogP contribution is 2.20. The van der Waals surface area contributed by atoms with Crippen molar-refractivity contribution in [1.29, 1.82) is 0 Å². The minimum absolute atomic E-state index is 0.0284. The minimum Gasteiger partial charge on any atom is -0.484 e. The molecular formula is C19H21N3O4. The summed E-state index contributed by atoms with van der Waals surface area (Å²) in [7, 11) is 0. The van der Waals surface area contributed by atoms with Crippen LogP contribution in [0.4, 0.5) is 11.4 Å². The fourth-order valence-electron chi connectivity index (χ4n) is 2.87. The maximum atomic E-state index is 12.3. The number of nitrogens with zero attached hydrogens (tertiary/aromatic N) is 3. The maximum absolute atomic E-state index is 12.3. The van der Waals surface area contributed by atoms with Gasteiger partial charge in [0.2, 0.25) is 0 Å². The molecule has 0 aliphatic carbocycles. The van der Waals surface area contributed by atoms with Gasteiger partial charge in [0.1, 0.15) is 5.75 Å². The van der Waals surface area contributed by atoms with E-state index in [-0.39, 0.29) is 18.2 Å². The number of nitro groups is 1. The molecule has 1 aliphatic heterocycles. The molecule has 1 aliphatic rings. The van der Waals surface area contributed by atoms with E-state index in [1.807, 2.05) is 31.2 Å². The molecular weight excluding hydrogens is 334 g/mol. The summed E-state index contributed by atoms with van der Waals surface area (Å²) in [6.07, 6.45) is 0. The molecule has 1 saturated heterocycles. The summed E-state index contributed by atoms with van der Waals surface area (Å²) in [5, 5.41) is 10.7. The van der Waals surface area contributed by atoms with Crippen LogP contribution in [0.5, 0.6) is 5.75 Å². The number of piperazine rings is 1. The van der Waals surface area contributed by atoms with Crippen LogP contribution in [0.25, 0.3) is 0 Å². The molecule has 0 radical (unpaired) electrons. The zero-order valence-corrected chi connectivity index (χ0v) is 14.6. The van der Waals surface area contributed by atoms with Crippen molar-refractivity contribution in [1.82, 2.24) is 4.90 Å². The van der Waals surface area contributed by atoms with Gasteiger partial charge in [-0.25, -0.2) is 0 Å². The number of carbonyl (C=O) groups excluding carboxylic acids is 1. The molecule has 1 heterocycles. The summed E-state index contributed by atoms with van der Waals surface area (Å²) in [4.78, 5) is 26.5. The molecule has 3 rings (SSSR count). The highest BCUT2D eigenvalue weighted by molar-refractivity contribution is 5.78. The molecule has 1 amide bonds. The standard InChI is InChI=1S/C19H21N3O4/c1-15-2-8-18(9-3-15)26-14-19(23)21-12-10-20(11-13-21)16-4-6-17(7-5-16)22(24)25/h2-9H,10-14H2,1H3. The van der Waals surface area contributed by atoms with Crippen LogP contribution in [0.2, 0.25) is 0 Å². The lowest BCUT2D eigenvalue weighted by atomic mass is 10.2. The quantitative estimate of drug-likeness (QED) is 0.609. The maximum Gasteiger partial charge on any atom is 0.269 e. The zero-order chi connectivity index (χ0) is 18.5. The number of rotatable bonds is 5. The average Bonchev–Trinajstić information content (AvgIpc) is 2.67. The van der Waals surface area contributed by atoms with Gasteiger partial charge < -0.3 is 14.5 Å². The summed E-state index contributed by atoms with van der Waals surface area (Å²) < 4.78 is 5.55. The van der Waals surface area contributed by atoms with Crippen molar-refractivity contribution in [2.24, 2.45) is 0 Å². The lowest BCUT2D eigenvalue weighted by Crippen LogP contribution is -2.50. The van der Waals surface area contributed by atoms with E-state index in [2.05, 4.69) is 4.90 Å². The number of hydrogen-bond acceptors (Lipinski definition) is 5. The molecule has 0 unspecified atom stereocenters. The summed E-state index contributed by atoms with van der Waals surface area (Å²) in [5.41, 5.74) is 2.15. The molecule has 2 aromatic carbocycles. The fraction of sp³-hybridized carbons (Fsp3) is 0.316. The molecule has 7 nitrogen and oxygen atoms in total. The minimum atomic E-state index is -0.408. The van der Waals surface area contributed by atoms with Gasteiger partial charge in [-0.2, -0.15) is 0 Å². The van der Waals surface area contributed by atoms with Crippen LogP contribution in [0, 0.1) is 17.0 Å². The van der Waals surface area contributed by atoms with Crippen molar-refractivity contribution >= 4 is 17.3 Å². The Morgan fingerprint density at radius 2 is 1.65 bits per heavy atom. The molecule has 7 heteroatoms. The number of anilines is 1. The second kappa shape index (κ2) is 7.86. The first-order chi connectivity index (χ1) is 12.5. The SMILES string of the molecule is Cc1ccc(OCC(=O)N2CCN(c3ccc([N+](=O)[O-])cc3)CC2)cc1. The Morgan fingerprint density at radius 1 is 1.04 bits per heavy atom. The van der Waals surface area contributed by atoms with Gasteiger partial charge in [0.05, 0.1) is 4.92 Å². The van der Waals surface area contributed by atoms with Crippen LogP contribution in [0.15, 0.2) is 48.5 Å². The molecule has 1 fully saturated rings. The Morgan fingerprint density at radius 3 is 2.23 bits per heavy atom. The monoisotopic (exact) mass is 355 g/mol. The van der Waals surface area contributed by atoms with Crippen LogP contribution >= 0.6 is 0 Å². The molecule has 0 atom stereocenters. The summed E-state index contributed by atoms with van der Waals surface area (Å²) in [6.45, 7) is 4.61. The van der Waals surface area contributed by atoms with E-state index in [0.29, 0.717) is 31.9 Å². The third kappa shape index (κ3) is 4.30. The summed E-state index contributed by atoms with van der Waals surface area (Å²) >= 11 is 0. The number of benzene rings is 2. The topological polar surface area (TPSA) is 75.9 Å². The van der Waals surface area contributed by atoms with Gasteiger partial charge in [-0.1, -0.05) is 17.7 Å². The first-order valence-corrected chi connectivity index (χ1v) is 8.49. The van der Waals surface area contributed by atoms with Crippen LogP contribution < -0.4 is 9.64 Å². The van der Waals surface area contributed by atoms with E-state index < -0.39 is 4.92 Å². The van der Waals surface area contributed by atoms with Crippen molar-refractivity contribution in [2.45, 2.75) is 6.92 Å². The average molecular weight is 355 g/mol. The first kappa shape index (κ1) is 17.7. The van der Waals surface area contributed by atoms with Crippen LogP contribution in [-0.4, -0.2) is 48.5 Å². The van der Waals surface area contributed by atoms with Gasteiger partial charge >= 0.3 is 0 Å². The van der Waals surface area contributed by atoms with Gasteiger partial charge in [-0.15, -0.1) is 0 Å². The first-order valence-electron chi connectivity index (χ1n) is 8.49. The summed E-state index contributed by atoms with van der Waals surface area (Å²) in [6, 6.07) is 14.1. The predicted molar refractivity (Wildman–Crippen MR) is 98.6 cm³/mol. The van der Waals surface area contributed by atoms with Crippen LogP contribution in [-0.2, 0) is 4.79 Å². The normalized spacial score (nSPS) is 14.2. The molecule has 0 bridgehead atoms. The molecule has 0 saturated carbocycles. The van der Waals surface area contributed by atoms with Crippen LogP contribution in [0.1, 0.15) is 5.56 Å². The highest BCUT2D eigenvalue weighted by atomic mass is 16.6. The second-order valence-corrected chi connectivity index (χ2v) is 6.24. The van der Waals surface area contributed by atoms with E-state index in [9.17, 15) is 14.9 Å². The van der Waals surface area contributed by atoms with Crippen LogP contribution in [0.3, 0.4) is 0 Å². The smallest absolute Gasteiger partial charge is 0.269 e. The molecule has 0 aromatic heterocycles. The lowest BCUT2D eigenvalue weighted by Gasteiger charge is -2.36. The van der Waals surface area contributed by atoms with E-state index in [1.54, 1.807) is 17.0 Å². The fourth-order valence-corrected chi connectivity index (χ4v) is 2.87. The number of hydrogen-bond donors (Lipinski definition) is 0. The number of aryl methyl sites for hydroxylation is 1. The highest BCUT2D eigenvalue weighted by Gasteiger charge is 2.22. The Balaban J connectivity index is 1.48. The Labute approximate surface area is 151 Å². The molecule has 26 heavy (non-hydrogen) atoms. The zero-order valence-electron chi connectivity index (χ0n) is 14.6. The number of amides is 1. The largest absolute Gasteiger partial charge is 0.484 e. The number of carbonyl (C=O) groups is 1. The number of nitro benzene ring substituents is 1. The molecule has 0 spiro atoms. The third-order valence-corrected chi connectivity index (χ3v) is 4.44. The van der Waals surface area contributed by atoms with Crippen molar-refractivity contribution in [3.05, 3.63) is 64.2 Å². The Hall–Kier alpha value is -3.09. The molecule has 2 aromatic rings. The Bertz CT molecular complexity index is 766. The third-order valence-electron chi connectivity index (χ3n) is 4.44. The van der Waals surface area contributed by atoms with E-state index in [0.717, 1.165) is 11.3 Å². The molecule has 136 valence electrons. The lowest BCUT2D eigenvalue weighted by molar-refractivity contribution is -0.384. The van der Waals surface area contributed by atoms with Gasteiger partial charge in [-0.3, -0.25) is 14.9 Å². The van der Waals surface area contributed by atoms with Gasteiger partial charge in [0.15, 0.2) is 6.61 Å². The van der Waals surface area contributed by atoms with E-state index >= 15 is 0 Å². The van der Waals surface area contributed by atoms with Gasteiger partial charge in [0, 0.05) is 44.0 Å².